The Kier molecular flexibility index (Phi) is 4.04. The fraction of sp³-hybridized carbons (Fsp3) is 0.333. The predicted octanol–water partition coefficient (Wildman–Crippen LogP) is 2.96. The van der Waals surface area contributed by atoms with E-state index in [-0.39, 0.29) is 12.0 Å². The average Bonchev–Trinajstić information content (AvgIpc) is 2.88. The van der Waals surface area contributed by atoms with Crippen molar-refractivity contribution in [2.45, 2.75) is 18.9 Å². The lowest BCUT2D eigenvalue weighted by atomic mass is 10.3. The van der Waals surface area contributed by atoms with Crippen molar-refractivity contribution in [3.05, 3.63) is 36.0 Å². The fourth-order valence-corrected chi connectivity index (χ4v) is 1.55. The normalized spacial score (nSPS) is 12.2. The Morgan fingerprint density at radius 3 is 2.61 bits per heavy atom. The van der Waals surface area contributed by atoms with Crippen LogP contribution in [0.15, 0.2) is 28.7 Å². The number of rotatable bonds is 5. The maximum absolute atomic E-state index is 5.72. The van der Waals surface area contributed by atoms with Crippen molar-refractivity contribution in [2.75, 3.05) is 7.11 Å². The predicted molar refractivity (Wildman–Crippen MR) is 65.9 cm³/mol. The van der Waals surface area contributed by atoms with Crippen molar-refractivity contribution in [1.29, 1.82) is 0 Å². The number of hydrogen-bond donors (Lipinski definition) is 0. The SMILES string of the molecule is COc1ccccc1OC(C)c1nnc(CCl)o1. The third kappa shape index (κ3) is 2.73. The Morgan fingerprint density at radius 1 is 1.28 bits per heavy atom. The molecule has 0 N–H and O–H groups in total. The summed E-state index contributed by atoms with van der Waals surface area (Å²) in [4.78, 5) is 0. The summed E-state index contributed by atoms with van der Waals surface area (Å²) in [5, 5.41) is 7.65. The molecule has 1 aromatic heterocycles. The summed E-state index contributed by atoms with van der Waals surface area (Å²) in [6.45, 7) is 1.82. The van der Waals surface area contributed by atoms with Gasteiger partial charge in [-0.15, -0.1) is 21.8 Å². The third-order valence-electron chi connectivity index (χ3n) is 2.32. The minimum atomic E-state index is -0.370. The van der Waals surface area contributed by atoms with Crippen LogP contribution in [0.1, 0.15) is 24.8 Å². The molecule has 1 aromatic carbocycles. The van der Waals surface area contributed by atoms with Crippen molar-refractivity contribution in [2.24, 2.45) is 0 Å². The Labute approximate surface area is 110 Å². The van der Waals surface area contributed by atoms with Gasteiger partial charge in [0, 0.05) is 0 Å². The summed E-state index contributed by atoms with van der Waals surface area (Å²) in [6.07, 6.45) is -0.370. The first kappa shape index (κ1) is 12.7. The highest BCUT2D eigenvalue weighted by Gasteiger charge is 2.16. The molecule has 0 fully saturated rings. The molecule has 1 heterocycles. The molecule has 96 valence electrons. The van der Waals surface area contributed by atoms with Crippen molar-refractivity contribution in [1.82, 2.24) is 10.2 Å². The zero-order valence-electron chi connectivity index (χ0n) is 10.1. The summed E-state index contributed by atoms with van der Waals surface area (Å²) in [5.41, 5.74) is 0. The number of benzene rings is 1. The zero-order chi connectivity index (χ0) is 13.0. The third-order valence-corrected chi connectivity index (χ3v) is 2.55. The van der Waals surface area contributed by atoms with E-state index < -0.39 is 0 Å². The van der Waals surface area contributed by atoms with E-state index in [2.05, 4.69) is 10.2 Å². The number of alkyl halides is 1. The monoisotopic (exact) mass is 268 g/mol. The van der Waals surface area contributed by atoms with Gasteiger partial charge in [0.2, 0.25) is 5.89 Å². The molecule has 18 heavy (non-hydrogen) atoms. The minimum Gasteiger partial charge on any atom is -0.493 e. The fourth-order valence-electron chi connectivity index (χ4n) is 1.44. The van der Waals surface area contributed by atoms with Gasteiger partial charge in [-0.3, -0.25) is 0 Å². The molecule has 0 aliphatic heterocycles. The van der Waals surface area contributed by atoms with Gasteiger partial charge >= 0.3 is 0 Å². The van der Waals surface area contributed by atoms with Crippen molar-refractivity contribution in [3.63, 3.8) is 0 Å². The van der Waals surface area contributed by atoms with Gasteiger partial charge in [-0.05, 0) is 19.1 Å². The maximum atomic E-state index is 5.72. The molecule has 6 heteroatoms. The van der Waals surface area contributed by atoms with Gasteiger partial charge in [-0.2, -0.15) is 0 Å². The Hall–Kier alpha value is -1.75. The number of para-hydroxylation sites is 2. The van der Waals surface area contributed by atoms with E-state index in [1.165, 1.54) is 0 Å². The van der Waals surface area contributed by atoms with Crippen LogP contribution < -0.4 is 9.47 Å². The van der Waals surface area contributed by atoms with E-state index in [1.54, 1.807) is 7.11 Å². The number of hydrogen-bond acceptors (Lipinski definition) is 5. The summed E-state index contributed by atoms with van der Waals surface area (Å²) in [7, 11) is 1.59. The van der Waals surface area contributed by atoms with Crippen LogP contribution in [-0.4, -0.2) is 17.3 Å². The van der Waals surface area contributed by atoms with Crippen molar-refractivity contribution < 1.29 is 13.9 Å². The van der Waals surface area contributed by atoms with E-state index in [0.717, 1.165) is 0 Å². The number of methoxy groups -OCH3 is 1. The molecular weight excluding hydrogens is 256 g/mol. The molecule has 0 spiro atoms. The second-order valence-electron chi connectivity index (χ2n) is 3.58. The van der Waals surface area contributed by atoms with Crippen LogP contribution in [0.5, 0.6) is 11.5 Å². The lowest BCUT2D eigenvalue weighted by molar-refractivity contribution is 0.179. The first-order valence-corrected chi connectivity index (χ1v) is 5.96. The minimum absolute atomic E-state index is 0.189. The number of aromatic nitrogens is 2. The van der Waals surface area contributed by atoms with Gasteiger partial charge in [0.25, 0.3) is 5.89 Å². The molecule has 1 unspecified atom stereocenters. The van der Waals surface area contributed by atoms with Crippen LogP contribution in [0, 0.1) is 0 Å². The van der Waals surface area contributed by atoms with Crippen LogP contribution in [-0.2, 0) is 5.88 Å². The highest BCUT2D eigenvalue weighted by molar-refractivity contribution is 6.16. The Bertz CT molecular complexity index is 516. The second-order valence-corrected chi connectivity index (χ2v) is 3.85. The van der Waals surface area contributed by atoms with Crippen molar-refractivity contribution >= 4 is 11.6 Å². The van der Waals surface area contributed by atoms with Gasteiger partial charge in [0.1, 0.15) is 5.88 Å². The summed E-state index contributed by atoms with van der Waals surface area (Å²) >= 11 is 5.60. The Balaban J connectivity index is 2.13. The molecule has 1 atom stereocenters. The molecule has 5 nitrogen and oxygen atoms in total. The van der Waals surface area contributed by atoms with Gasteiger partial charge in [-0.25, -0.2) is 0 Å². The number of ether oxygens (including phenoxy) is 2. The lowest BCUT2D eigenvalue weighted by Gasteiger charge is -2.13. The molecular formula is C12H13ClN2O3. The smallest absolute Gasteiger partial charge is 0.256 e. The molecule has 2 aromatic rings. The van der Waals surface area contributed by atoms with Crippen LogP contribution in [0.2, 0.25) is 0 Å². The summed E-state index contributed by atoms with van der Waals surface area (Å²) < 4.78 is 16.2. The van der Waals surface area contributed by atoms with Crippen LogP contribution >= 0.6 is 11.6 Å². The highest BCUT2D eigenvalue weighted by atomic mass is 35.5. The first-order chi connectivity index (χ1) is 8.74. The van der Waals surface area contributed by atoms with E-state index in [9.17, 15) is 0 Å². The zero-order valence-corrected chi connectivity index (χ0v) is 10.8. The average molecular weight is 269 g/mol. The van der Waals surface area contributed by atoms with Crippen LogP contribution in [0.25, 0.3) is 0 Å². The van der Waals surface area contributed by atoms with Crippen LogP contribution in [0.3, 0.4) is 0 Å². The molecule has 0 aliphatic rings. The largest absolute Gasteiger partial charge is 0.493 e. The van der Waals surface area contributed by atoms with E-state index >= 15 is 0 Å². The maximum Gasteiger partial charge on any atom is 0.256 e. The molecule has 2 rings (SSSR count). The van der Waals surface area contributed by atoms with Gasteiger partial charge in [0.05, 0.1) is 7.11 Å². The van der Waals surface area contributed by atoms with E-state index in [1.807, 2.05) is 31.2 Å². The summed E-state index contributed by atoms with van der Waals surface area (Å²) in [6, 6.07) is 7.37. The van der Waals surface area contributed by atoms with E-state index in [0.29, 0.717) is 23.3 Å². The van der Waals surface area contributed by atoms with Crippen LogP contribution in [0.4, 0.5) is 0 Å². The number of nitrogens with zero attached hydrogens (tertiary/aromatic N) is 2. The molecule has 0 saturated heterocycles. The second kappa shape index (κ2) is 5.73. The van der Waals surface area contributed by atoms with Crippen molar-refractivity contribution in [3.8, 4) is 11.5 Å². The Morgan fingerprint density at radius 2 is 2.00 bits per heavy atom. The van der Waals surface area contributed by atoms with Gasteiger partial charge in [-0.1, -0.05) is 12.1 Å². The van der Waals surface area contributed by atoms with Gasteiger partial charge < -0.3 is 13.9 Å². The topological polar surface area (TPSA) is 57.4 Å². The molecule has 0 radical (unpaired) electrons. The van der Waals surface area contributed by atoms with Gasteiger partial charge in [0.15, 0.2) is 17.6 Å². The lowest BCUT2D eigenvalue weighted by Crippen LogP contribution is -2.04. The molecule has 0 amide bonds. The molecule has 0 bridgehead atoms. The summed E-state index contributed by atoms with van der Waals surface area (Å²) in [5.74, 6) is 2.23. The molecule has 0 aliphatic carbocycles. The quantitative estimate of drug-likeness (QED) is 0.780. The highest BCUT2D eigenvalue weighted by Crippen LogP contribution is 2.30. The van der Waals surface area contributed by atoms with E-state index in [4.69, 9.17) is 25.5 Å². The number of halogens is 1. The first-order valence-electron chi connectivity index (χ1n) is 5.42. The standard InChI is InChI=1S/C12H13ClN2O3/c1-8(12-15-14-11(7-13)18-12)17-10-6-4-3-5-9(10)16-2/h3-6,8H,7H2,1-2H3. The molecule has 0 saturated carbocycles.